The van der Waals surface area contributed by atoms with Gasteiger partial charge >= 0.3 is 5.97 Å². The third kappa shape index (κ3) is 3.53. The minimum Gasteiger partial charge on any atom is -0.481 e. The van der Waals surface area contributed by atoms with E-state index in [-0.39, 0.29) is 12.5 Å². The summed E-state index contributed by atoms with van der Waals surface area (Å²) in [6.45, 7) is 1.95. The lowest BCUT2D eigenvalue weighted by Crippen LogP contribution is -2.35. The Morgan fingerprint density at radius 1 is 1.39 bits per heavy atom. The molecule has 0 saturated carbocycles. The quantitative estimate of drug-likeness (QED) is 0.929. The van der Waals surface area contributed by atoms with Crippen molar-refractivity contribution in [3.8, 4) is 0 Å². The first kappa shape index (κ1) is 13.5. The number of carbonyl (C=O) groups is 1. The average Bonchev–Trinajstić information content (AvgIpc) is 2.37. The molecule has 0 bridgehead atoms. The van der Waals surface area contributed by atoms with Crippen molar-refractivity contribution in [3.05, 3.63) is 28.5 Å². The summed E-state index contributed by atoms with van der Waals surface area (Å²) in [5.41, 5.74) is 0.980. The van der Waals surface area contributed by atoms with Gasteiger partial charge in [0.05, 0.1) is 6.42 Å². The number of nitrogens with zero attached hydrogens (tertiary/aromatic N) is 2. The Morgan fingerprint density at radius 2 is 2.11 bits per heavy atom. The molecule has 1 aliphatic rings. The third-order valence-electron chi connectivity index (χ3n) is 3.31. The number of likely N-dealkylation sites (tertiary alicyclic amines) is 1. The fourth-order valence-corrected chi connectivity index (χ4v) is 2.85. The van der Waals surface area contributed by atoms with Gasteiger partial charge in [0.15, 0.2) is 0 Å². The monoisotopic (exact) mass is 312 g/mol. The van der Waals surface area contributed by atoms with E-state index in [4.69, 9.17) is 5.11 Å². The zero-order valence-electron chi connectivity index (χ0n) is 10.2. The summed E-state index contributed by atoms with van der Waals surface area (Å²) in [5, 5.41) is 9.09. The number of rotatable bonds is 4. The van der Waals surface area contributed by atoms with Crippen LogP contribution in [0.25, 0.3) is 0 Å². The molecule has 1 aromatic rings. The predicted molar refractivity (Wildman–Crippen MR) is 72.4 cm³/mol. The highest BCUT2D eigenvalue weighted by Crippen LogP contribution is 2.28. The molecule has 1 aromatic heterocycles. The van der Waals surface area contributed by atoms with Crippen LogP contribution in [-0.4, -0.2) is 34.0 Å². The second-order valence-corrected chi connectivity index (χ2v) is 5.56. The van der Waals surface area contributed by atoms with Crippen molar-refractivity contribution in [1.82, 2.24) is 9.88 Å². The van der Waals surface area contributed by atoms with Gasteiger partial charge in [-0.15, -0.1) is 0 Å². The maximum absolute atomic E-state index is 11.1. The Hall–Kier alpha value is -0.940. The van der Waals surface area contributed by atoms with Gasteiger partial charge in [0.2, 0.25) is 0 Å². The summed E-state index contributed by atoms with van der Waals surface area (Å²) in [5.74, 6) is -0.759. The van der Waals surface area contributed by atoms with Gasteiger partial charge < -0.3 is 5.11 Å². The number of pyridine rings is 1. The smallest absolute Gasteiger partial charge is 0.305 e. The fourth-order valence-electron chi connectivity index (χ4n) is 2.46. The first-order valence-electron chi connectivity index (χ1n) is 6.23. The van der Waals surface area contributed by atoms with Gasteiger partial charge in [-0.1, -0.05) is 6.42 Å². The van der Waals surface area contributed by atoms with E-state index in [2.05, 4.69) is 25.8 Å². The third-order valence-corrected chi connectivity index (χ3v) is 3.74. The lowest BCUT2D eigenvalue weighted by molar-refractivity contribution is -0.138. The number of carboxylic acid groups (broad SMARTS) is 1. The van der Waals surface area contributed by atoms with Crippen molar-refractivity contribution in [2.24, 2.45) is 0 Å². The van der Waals surface area contributed by atoms with Crippen molar-refractivity contribution in [3.63, 3.8) is 0 Å². The molecule has 1 N–H and O–H groups in total. The van der Waals surface area contributed by atoms with Crippen molar-refractivity contribution in [2.45, 2.75) is 31.7 Å². The van der Waals surface area contributed by atoms with Gasteiger partial charge in [-0.05, 0) is 53.5 Å². The summed E-state index contributed by atoms with van der Waals surface area (Å²) >= 11 is 3.39. The predicted octanol–water partition coefficient (Wildman–Crippen LogP) is 2.85. The normalized spacial score (nSPS) is 18.5. The molecule has 18 heavy (non-hydrogen) atoms. The molecule has 4 nitrogen and oxygen atoms in total. The van der Waals surface area contributed by atoms with Crippen LogP contribution in [0, 0.1) is 0 Å². The number of hydrogen-bond donors (Lipinski definition) is 1. The van der Waals surface area contributed by atoms with E-state index in [0.29, 0.717) is 0 Å². The summed E-state index contributed by atoms with van der Waals surface area (Å²) in [6, 6.07) is 1.91. The molecular weight excluding hydrogens is 296 g/mol. The van der Waals surface area contributed by atoms with Gasteiger partial charge in [-0.2, -0.15) is 0 Å². The fraction of sp³-hybridized carbons (Fsp3) is 0.538. The zero-order valence-corrected chi connectivity index (χ0v) is 11.8. The van der Waals surface area contributed by atoms with Crippen LogP contribution in [0.15, 0.2) is 22.9 Å². The molecule has 0 amide bonds. The molecule has 1 unspecified atom stereocenters. The number of aromatic nitrogens is 1. The van der Waals surface area contributed by atoms with Gasteiger partial charge in [0.1, 0.15) is 0 Å². The van der Waals surface area contributed by atoms with E-state index in [0.717, 1.165) is 36.0 Å². The average molecular weight is 313 g/mol. The Morgan fingerprint density at radius 3 is 2.72 bits per heavy atom. The SMILES string of the molecule is O=C(O)CC(c1cncc(Br)c1)N1CCCCC1. The molecule has 2 heterocycles. The molecule has 5 heteroatoms. The largest absolute Gasteiger partial charge is 0.481 e. The summed E-state index contributed by atoms with van der Waals surface area (Å²) in [4.78, 5) is 17.5. The van der Waals surface area contributed by atoms with E-state index in [9.17, 15) is 4.79 Å². The van der Waals surface area contributed by atoms with Crippen LogP contribution in [0.5, 0.6) is 0 Å². The Balaban J connectivity index is 2.20. The molecule has 0 spiro atoms. The molecule has 1 saturated heterocycles. The Labute approximate surface area is 115 Å². The highest BCUT2D eigenvalue weighted by molar-refractivity contribution is 9.10. The topological polar surface area (TPSA) is 53.4 Å². The molecule has 98 valence electrons. The van der Waals surface area contributed by atoms with Gasteiger partial charge in [-0.3, -0.25) is 14.7 Å². The van der Waals surface area contributed by atoms with Crippen molar-refractivity contribution < 1.29 is 9.90 Å². The Kier molecular flexibility index (Phi) is 4.72. The van der Waals surface area contributed by atoms with Gasteiger partial charge in [-0.25, -0.2) is 0 Å². The van der Waals surface area contributed by atoms with Crippen LogP contribution < -0.4 is 0 Å². The highest BCUT2D eigenvalue weighted by Gasteiger charge is 2.24. The maximum Gasteiger partial charge on any atom is 0.305 e. The molecule has 1 atom stereocenters. The highest BCUT2D eigenvalue weighted by atomic mass is 79.9. The summed E-state index contributed by atoms with van der Waals surface area (Å²) in [7, 11) is 0. The van der Waals surface area contributed by atoms with Gasteiger partial charge in [0, 0.05) is 22.9 Å². The molecule has 1 aliphatic heterocycles. The van der Waals surface area contributed by atoms with Crippen LogP contribution in [0.1, 0.15) is 37.3 Å². The first-order valence-corrected chi connectivity index (χ1v) is 7.02. The number of aliphatic carboxylic acids is 1. The van der Waals surface area contributed by atoms with Crippen molar-refractivity contribution in [2.75, 3.05) is 13.1 Å². The van der Waals surface area contributed by atoms with Crippen LogP contribution in [0.3, 0.4) is 0 Å². The van der Waals surface area contributed by atoms with E-state index >= 15 is 0 Å². The maximum atomic E-state index is 11.1. The van der Waals surface area contributed by atoms with E-state index in [1.165, 1.54) is 6.42 Å². The van der Waals surface area contributed by atoms with E-state index < -0.39 is 5.97 Å². The zero-order chi connectivity index (χ0) is 13.0. The molecule has 1 fully saturated rings. The van der Waals surface area contributed by atoms with Crippen LogP contribution >= 0.6 is 15.9 Å². The van der Waals surface area contributed by atoms with Crippen molar-refractivity contribution in [1.29, 1.82) is 0 Å². The minimum atomic E-state index is -0.759. The van der Waals surface area contributed by atoms with Gasteiger partial charge in [0.25, 0.3) is 0 Å². The summed E-state index contributed by atoms with van der Waals surface area (Å²) < 4.78 is 0.896. The minimum absolute atomic E-state index is 0.0622. The van der Waals surface area contributed by atoms with E-state index in [1.807, 2.05) is 6.07 Å². The molecule has 0 aromatic carbocycles. The summed E-state index contributed by atoms with van der Waals surface area (Å²) in [6.07, 6.45) is 7.17. The number of halogens is 1. The lowest BCUT2D eigenvalue weighted by atomic mass is 10.0. The Bertz CT molecular complexity index is 419. The van der Waals surface area contributed by atoms with E-state index in [1.54, 1.807) is 12.4 Å². The molecule has 2 rings (SSSR count). The first-order chi connectivity index (χ1) is 8.66. The van der Waals surface area contributed by atoms with Crippen LogP contribution in [-0.2, 0) is 4.79 Å². The lowest BCUT2D eigenvalue weighted by Gasteiger charge is -2.34. The van der Waals surface area contributed by atoms with Crippen LogP contribution in [0.4, 0.5) is 0 Å². The van der Waals surface area contributed by atoms with Crippen molar-refractivity contribution >= 4 is 21.9 Å². The van der Waals surface area contributed by atoms with Crippen LogP contribution in [0.2, 0.25) is 0 Å². The molecule has 0 radical (unpaired) electrons. The molecule has 0 aliphatic carbocycles. The number of carboxylic acids is 1. The molecular formula is C13H17BrN2O2. The second-order valence-electron chi connectivity index (χ2n) is 4.65. The number of piperidine rings is 1. The number of hydrogen-bond acceptors (Lipinski definition) is 3. The standard InChI is InChI=1S/C13H17BrN2O2/c14-11-6-10(8-15-9-11)12(7-13(17)18)16-4-2-1-3-5-16/h6,8-9,12H,1-5,7H2,(H,17,18). The second kappa shape index (κ2) is 6.29.